The molecule has 0 saturated carbocycles. The average molecular weight is 294 g/mol. The molecule has 0 saturated heterocycles. The van der Waals surface area contributed by atoms with E-state index >= 15 is 0 Å². The maximum absolute atomic E-state index is 13.8. The number of hydrogen-bond donors (Lipinski definition) is 1. The highest BCUT2D eigenvalue weighted by atomic mass is 19.1. The molecule has 2 rings (SSSR count). The Hall–Kier alpha value is -1.88. The molecule has 1 unspecified atom stereocenters. The molecule has 0 aliphatic heterocycles. The Morgan fingerprint density at radius 3 is 2.29 bits per heavy atom. The molecular weight excluding hydrogens is 277 g/mol. The van der Waals surface area contributed by atoms with E-state index in [1.54, 1.807) is 13.2 Å². The normalized spacial score (nSPS) is 12.4. The van der Waals surface area contributed by atoms with Gasteiger partial charge < -0.3 is 5.32 Å². The molecule has 0 bridgehead atoms. The van der Waals surface area contributed by atoms with Crippen LogP contribution in [0.5, 0.6) is 0 Å². The minimum absolute atomic E-state index is 0.166. The van der Waals surface area contributed by atoms with Crippen LogP contribution in [-0.2, 0) is 12.8 Å². The fourth-order valence-electron chi connectivity index (χ4n) is 2.23. The third kappa shape index (κ3) is 3.61. The number of aromatic nitrogens is 1. The van der Waals surface area contributed by atoms with Crippen molar-refractivity contribution >= 4 is 0 Å². The van der Waals surface area contributed by atoms with Crippen LogP contribution in [0, 0.1) is 17.5 Å². The molecule has 1 atom stereocenters. The number of pyridine rings is 1. The van der Waals surface area contributed by atoms with Gasteiger partial charge in [-0.1, -0.05) is 13.0 Å². The molecule has 0 fully saturated rings. The van der Waals surface area contributed by atoms with Gasteiger partial charge in [0.25, 0.3) is 0 Å². The number of halogens is 3. The summed E-state index contributed by atoms with van der Waals surface area (Å²) in [5.41, 5.74) is 1.65. The second kappa shape index (κ2) is 6.72. The number of benzene rings is 1. The lowest BCUT2D eigenvalue weighted by Gasteiger charge is -2.18. The SMILES string of the molecule is CCc1ccc(CC(NC)c2c(F)cc(F)cc2F)nc1. The summed E-state index contributed by atoms with van der Waals surface area (Å²) in [6.45, 7) is 2.02. The first-order valence-corrected chi connectivity index (χ1v) is 6.80. The van der Waals surface area contributed by atoms with Gasteiger partial charge in [-0.3, -0.25) is 4.98 Å². The Morgan fingerprint density at radius 1 is 1.14 bits per heavy atom. The fraction of sp³-hybridized carbons (Fsp3) is 0.312. The van der Waals surface area contributed by atoms with Crippen LogP contribution in [0.2, 0.25) is 0 Å². The quantitative estimate of drug-likeness (QED) is 0.912. The standard InChI is InChI=1S/C16H17F3N2/c1-3-10-4-5-12(21-9-10)8-15(20-2)16-13(18)6-11(17)7-14(16)19/h4-7,9,15,20H,3,8H2,1-2H3. The number of hydrogen-bond acceptors (Lipinski definition) is 2. The first kappa shape index (κ1) is 15.5. The largest absolute Gasteiger partial charge is 0.312 e. The van der Waals surface area contributed by atoms with E-state index in [4.69, 9.17) is 0 Å². The molecule has 1 N–H and O–H groups in total. The molecule has 0 aliphatic carbocycles. The second-order valence-electron chi connectivity index (χ2n) is 4.84. The van der Waals surface area contributed by atoms with Crippen molar-refractivity contribution in [3.8, 4) is 0 Å². The maximum Gasteiger partial charge on any atom is 0.133 e. The van der Waals surface area contributed by atoms with Crippen molar-refractivity contribution in [1.82, 2.24) is 10.3 Å². The molecule has 112 valence electrons. The molecule has 1 aromatic carbocycles. The molecule has 0 amide bonds. The topological polar surface area (TPSA) is 24.9 Å². The van der Waals surface area contributed by atoms with Crippen LogP contribution >= 0.6 is 0 Å². The van der Waals surface area contributed by atoms with Crippen molar-refractivity contribution in [2.45, 2.75) is 25.8 Å². The van der Waals surface area contributed by atoms with Crippen LogP contribution in [0.15, 0.2) is 30.5 Å². The van der Waals surface area contributed by atoms with Crippen molar-refractivity contribution in [2.24, 2.45) is 0 Å². The fourth-order valence-corrected chi connectivity index (χ4v) is 2.23. The summed E-state index contributed by atoms with van der Waals surface area (Å²) in [7, 11) is 1.60. The van der Waals surface area contributed by atoms with Gasteiger partial charge in [-0.15, -0.1) is 0 Å². The van der Waals surface area contributed by atoms with Crippen molar-refractivity contribution in [3.05, 3.63) is 64.7 Å². The number of aryl methyl sites for hydroxylation is 1. The highest BCUT2D eigenvalue weighted by molar-refractivity contribution is 5.26. The van der Waals surface area contributed by atoms with Gasteiger partial charge in [0, 0.05) is 42.0 Å². The minimum Gasteiger partial charge on any atom is -0.312 e. The zero-order valence-corrected chi connectivity index (χ0v) is 12.0. The molecule has 2 aromatic rings. The van der Waals surface area contributed by atoms with E-state index in [1.807, 2.05) is 19.1 Å². The lowest BCUT2D eigenvalue weighted by Crippen LogP contribution is -2.22. The van der Waals surface area contributed by atoms with Gasteiger partial charge in [0.1, 0.15) is 17.5 Å². The monoisotopic (exact) mass is 294 g/mol. The van der Waals surface area contributed by atoms with E-state index in [1.165, 1.54) is 0 Å². The maximum atomic E-state index is 13.8. The summed E-state index contributed by atoms with van der Waals surface area (Å²) in [5.74, 6) is -2.71. The third-order valence-corrected chi connectivity index (χ3v) is 3.45. The van der Waals surface area contributed by atoms with Crippen LogP contribution in [-0.4, -0.2) is 12.0 Å². The predicted octanol–water partition coefficient (Wildman–Crippen LogP) is 3.56. The van der Waals surface area contributed by atoms with Crippen molar-refractivity contribution in [1.29, 1.82) is 0 Å². The first-order chi connectivity index (χ1) is 10.0. The van der Waals surface area contributed by atoms with Gasteiger partial charge in [0.2, 0.25) is 0 Å². The summed E-state index contributed by atoms with van der Waals surface area (Å²) in [6, 6.07) is 4.55. The van der Waals surface area contributed by atoms with E-state index in [0.717, 1.165) is 17.7 Å². The number of nitrogens with one attached hydrogen (secondary N) is 1. The van der Waals surface area contributed by atoms with Crippen LogP contribution < -0.4 is 5.32 Å². The van der Waals surface area contributed by atoms with E-state index < -0.39 is 23.5 Å². The van der Waals surface area contributed by atoms with Crippen LogP contribution in [0.3, 0.4) is 0 Å². The van der Waals surface area contributed by atoms with E-state index in [2.05, 4.69) is 10.3 Å². The van der Waals surface area contributed by atoms with Crippen molar-refractivity contribution in [2.75, 3.05) is 7.05 Å². The van der Waals surface area contributed by atoms with Gasteiger partial charge >= 0.3 is 0 Å². The van der Waals surface area contributed by atoms with Gasteiger partial charge in [-0.05, 0) is 25.1 Å². The lowest BCUT2D eigenvalue weighted by molar-refractivity contribution is 0.473. The molecule has 21 heavy (non-hydrogen) atoms. The third-order valence-electron chi connectivity index (χ3n) is 3.45. The summed E-state index contributed by atoms with van der Waals surface area (Å²) >= 11 is 0. The molecule has 2 nitrogen and oxygen atoms in total. The number of rotatable bonds is 5. The molecule has 0 radical (unpaired) electrons. The Morgan fingerprint density at radius 2 is 1.81 bits per heavy atom. The Kier molecular flexibility index (Phi) is 4.96. The van der Waals surface area contributed by atoms with E-state index in [0.29, 0.717) is 18.6 Å². The Bertz CT molecular complexity index is 588. The molecule has 1 aromatic heterocycles. The van der Waals surface area contributed by atoms with Gasteiger partial charge in [0.05, 0.1) is 0 Å². The Labute approximate surface area is 122 Å². The van der Waals surface area contributed by atoms with Gasteiger partial charge in [0.15, 0.2) is 0 Å². The Balaban J connectivity index is 2.27. The average Bonchev–Trinajstić information content (AvgIpc) is 2.45. The second-order valence-corrected chi connectivity index (χ2v) is 4.84. The number of likely N-dealkylation sites (N-methyl/N-ethyl adjacent to an activating group) is 1. The van der Waals surface area contributed by atoms with Crippen LogP contribution in [0.4, 0.5) is 13.2 Å². The highest BCUT2D eigenvalue weighted by Crippen LogP contribution is 2.24. The molecule has 0 spiro atoms. The van der Waals surface area contributed by atoms with E-state index in [-0.39, 0.29) is 5.56 Å². The van der Waals surface area contributed by atoms with Crippen molar-refractivity contribution in [3.63, 3.8) is 0 Å². The zero-order chi connectivity index (χ0) is 15.4. The van der Waals surface area contributed by atoms with E-state index in [9.17, 15) is 13.2 Å². The van der Waals surface area contributed by atoms with Crippen LogP contribution in [0.1, 0.15) is 29.8 Å². The highest BCUT2D eigenvalue weighted by Gasteiger charge is 2.21. The summed E-state index contributed by atoms with van der Waals surface area (Å²) in [6.07, 6.45) is 2.95. The number of nitrogens with zero attached hydrogens (tertiary/aromatic N) is 1. The predicted molar refractivity (Wildman–Crippen MR) is 75.4 cm³/mol. The zero-order valence-electron chi connectivity index (χ0n) is 12.0. The van der Waals surface area contributed by atoms with Crippen molar-refractivity contribution < 1.29 is 13.2 Å². The molecular formula is C16H17F3N2. The molecule has 5 heteroatoms. The summed E-state index contributed by atoms with van der Waals surface area (Å²) in [5, 5.41) is 2.85. The molecule has 1 heterocycles. The van der Waals surface area contributed by atoms with Gasteiger partial charge in [-0.2, -0.15) is 0 Å². The summed E-state index contributed by atoms with van der Waals surface area (Å²) in [4.78, 5) is 4.28. The first-order valence-electron chi connectivity index (χ1n) is 6.80. The minimum atomic E-state index is -0.922. The lowest BCUT2D eigenvalue weighted by atomic mass is 10.00. The smallest absolute Gasteiger partial charge is 0.133 e. The van der Waals surface area contributed by atoms with Gasteiger partial charge in [-0.25, -0.2) is 13.2 Å². The summed E-state index contributed by atoms with van der Waals surface area (Å²) < 4.78 is 40.6. The van der Waals surface area contributed by atoms with Crippen LogP contribution in [0.25, 0.3) is 0 Å². The molecule has 0 aliphatic rings.